The Morgan fingerprint density at radius 1 is 1.60 bits per heavy atom. The molecular weight excluding hydrogens is 336 g/mol. The first-order chi connectivity index (χ1) is 7.10. The Balaban J connectivity index is 3.26. The summed E-state index contributed by atoms with van der Waals surface area (Å²) in [6.45, 7) is 0. The van der Waals surface area contributed by atoms with Gasteiger partial charge in [-0.2, -0.15) is 5.26 Å². The van der Waals surface area contributed by atoms with Crippen LogP contribution in [0.25, 0.3) is 0 Å². The maximum Gasteiger partial charge on any atom is 0.280 e. The van der Waals surface area contributed by atoms with Crippen LogP contribution in [0.1, 0.15) is 23.4 Å². The number of alkyl halides is 3. The van der Waals surface area contributed by atoms with Crippen LogP contribution in [0.5, 0.6) is 0 Å². The molecule has 0 aliphatic rings. The van der Waals surface area contributed by atoms with Crippen molar-refractivity contribution in [2.45, 2.75) is 18.7 Å². The number of aromatic nitrogens is 1. The zero-order valence-electron chi connectivity index (χ0n) is 7.48. The van der Waals surface area contributed by atoms with Crippen molar-refractivity contribution in [2.24, 2.45) is 0 Å². The highest BCUT2D eigenvalue weighted by Gasteiger charge is 2.15. The highest BCUT2D eigenvalue weighted by Crippen LogP contribution is 2.24. The first-order valence-electron chi connectivity index (χ1n) is 3.99. The van der Waals surface area contributed by atoms with Gasteiger partial charge in [0.2, 0.25) is 0 Å². The molecule has 0 bridgehead atoms. The topological polar surface area (TPSA) is 36.7 Å². The zero-order chi connectivity index (χ0) is 11.4. The molecule has 0 aromatic carbocycles. The Kier molecular flexibility index (Phi) is 4.67. The third-order valence-electron chi connectivity index (χ3n) is 1.74. The maximum absolute atomic E-state index is 12.4. The van der Waals surface area contributed by atoms with Crippen molar-refractivity contribution in [3.05, 3.63) is 26.6 Å². The van der Waals surface area contributed by atoms with Crippen LogP contribution in [0.3, 0.4) is 0 Å². The van der Waals surface area contributed by atoms with Gasteiger partial charge in [0.25, 0.3) is 6.43 Å². The number of hydrogen-bond acceptors (Lipinski definition) is 2. The monoisotopic (exact) mass is 342 g/mol. The molecule has 0 saturated heterocycles. The molecule has 0 N–H and O–H groups in total. The summed E-state index contributed by atoms with van der Waals surface area (Å²) in [6, 6.07) is 3.18. The Morgan fingerprint density at radius 3 is 2.73 bits per heavy atom. The summed E-state index contributed by atoms with van der Waals surface area (Å²) in [6.07, 6.45) is -2.55. The van der Waals surface area contributed by atoms with E-state index in [1.165, 1.54) is 6.07 Å². The van der Waals surface area contributed by atoms with Crippen molar-refractivity contribution in [1.29, 1.82) is 5.26 Å². The van der Waals surface area contributed by atoms with E-state index in [0.717, 1.165) is 0 Å². The molecule has 1 aromatic rings. The van der Waals surface area contributed by atoms with E-state index < -0.39 is 6.43 Å². The Morgan fingerprint density at radius 2 is 2.27 bits per heavy atom. The SMILES string of the molecule is N#CCc1cc(C(F)F)nc(CCl)c1I. The predicted molar refractivity (Wildman–Crippen MR) is 60.8 cm³/mol. The minimum absolute atomic E-state index is 0.0667. The third kappa shape index (κ3) is 2.98. The normalized spacial score (nSPS) is 10.4. The molecule has 1 heterocycles. The highest BCUT2D eigenvalue weighted by atomic mass is 127. The number of halogens is 4. The molecule has 0 spiro atoms. The largest absolute Gasteiger partial charge is 0.280 e. The molecule has 80 valence electrons. The van der Waals surface area contributed by atoms with Gasteiger partial charge in [-0.1, -0.05) is 0 Å². The first kappa shape index (κ1) is 12.6. The minimum Gasteiger partial charge on any atom is -0.249 e. The Labute approximate surface area is 104 Å². The molecule has 1 rings (SSSR count). The van der Waals surface area contributed by atoms with Crippen LogP contribution < -0.4 is 0 Å². The van der Waals surface area contributed by atoms with Gasteiger partial charge in [0, 0.05) is 3.57 Å². The van der Waals surface area contributed by atoms with Gasteiger partial charge in [-0.25, -0.2) is 13.8 Å². The Bertz CT molecular complexity index is 404. The zero-order valence-corrected chi connectivity index (χ0v) is 10.4. The average molecular weight is 343 g/mol. The third-order valence-corrected chi connectivity index (χ3v) is 3.31. The van der Waals surface area contributed by atoms with Gasteiger partial charge in [-0.3, -0.25) is 0 Å². The molecule has 0 saturated carbocycles. The van der Waals surface area contributed by atoms with Gasteiger partial charge >= 0.3 is 0 Å². The minimum atomic E-state index is -2.64. The van der Waals surface area contributed by atoms with Gasteiger partial charge in [0.1, 0.15) is 5.69 Å². The fourth-order valence-corrected chi connectivity index (χ4v) is 2.16. The molecule has 0 fully saturated rings. The van der Waals surface area contributed by atoms with Crippen LogP contribution in [0.4, 0.5) is 8.78 Å². The van der Waals surface area contributed by atoms with Gasteiger partial charge < -0.3 is 0 Å². The van der Waals surface area contributed by atoms with E-state index in [4.69, 9.17) is 16.9 Å². The molecule has 0 atom stereocenters. The summed E-state index contributed by atoms with van der Waals surface area (Å²) in [7, 11) is 0. The van der Waals surface area contributed by atoms with Crippen LogP contribution in [0.15, 0.2) is 6.07 Å². The van der Waals surface area contributed by atoms with Gasteiger partial charge in [-0.05, 0) is 34.2 Å². The van der Waals surface area contributed by atoms with Crippen LogP contribution in [0, 0.1) is 14.9 Å². The number of rotatable bonds is 3. The highest BCUT2D eigenvalue weighted by molar-refractivity contribution is 14.1. The molecule has 0 aliphatic carbocycles. The quantitative estimate of drug-likeness (QED) is 0.623. The van der Waals surface area contributed by atoms with E-state index in [1.54, 1.807) is 0 Å². The molecule has 2 nitrogen and oxygen atoms in total. The molecular formula is C9H6ClF2IN2. The molecule has 15 heavy (non-hydrogen) atoms. The molecule has 0 unspecified atom stereocenters. The second-order valence-corrected chi connectivity index (χ2v) is 4.08. The number of nitrogens with zero attached hydrogens (tertiary/aromatic N) is 2. The summed E-state index contributed by atoms with van der Waals surface area (Å²) in [5.74, 6) is 0.0667. The molecule has 0 aliphatic heterocycles. The molecule has 0 amide bonds. The number of pyridine rings is 1. The molecule has 1 aromatic heterocycles. The van der Waals surface area contributed by atoms with Gasteiger partial charge in [-0.15, -0.1) is 11.6 Å². The summed E-state index contributed by atoms with van der Waals surface area (Å²) in [5.41, 5.74) is 0.635. The second kappa shape index (κ2) is 5.56. The van der Waals surface area contributed by atoms with E-state index in [9.17, 15) is 8.78 Å². The van der Waals surface area contributed by atoms with Crippen LogP contribution in [-0.4, -0.2) is 4.98 Å². The lowest BCUT2D eigenvalue weighted by atomic mass is 10.1. The summed E-state index contributed by atoms with van der Waals surface area (Å²) in [4.78, 5) is 3.73. The maximum atomic E-state index is 12.4. The van der Waals surface area contributed by atoms with E-state index in [0.29, 0.717) is 14.8 Å². The van der Waals surface area contributed by atoms with Crippen molar-refractivity contribution in [3.8, 4) is 6.07 Å². The second-order valence-electron chi connectivity index (χ2n) is 2.74. The van der Waals surface area contributed by atoms with E-state index in [1.807, 2.05) is 28.7 Å². The van der Waals surface area contributed by atoms with E-state index >= 15 is 0 Å². The standard InChI is InChI=1S/C9H6ClF2IN2/c10-4-7-8(13)5(1-2-14)3-6(15-7)9(11)12/h3,9H,1,4H2. The van der Waals surface area contributed by atoms with E-state index in [-0.39, 0.29) is 18.0 Å². The van der Waals surface area contributed by atoms with E-state index in [2.05, 4.69) is 4.98 Å². The van der Waals surface area contributed by atoms with Gasteiger partial charge in [0.15, 0.2) is 0 Å². The fraction of sp³-hybridized carbons (Fsp3) is 0.333. The summed E-state index contributed by atoms with van der Waals surface area (Å²) in [5, 5.41) is 8.54. The lowest BCUT2D eigenvalue weighted by Crippen LogP contribution is -2.02. The summed E-state index contributed by atoms with van der Waals surface area (Å²) >= 11 is 7.55. The average Bonchev–Trinajstić information content (AvgIpc) is 2.21. The lowest BCUT2D eigenvalue weighted by molar-refractivity contribution is 0.145. The van der Waals surface area contributed by atoms with Crippen molar-refractivity contribution in [1.82, 2.24) is 4.98 Å². The van der Waals surface area contributed by atoms with Crippen molar-refractivity contribution in [3.63, 3.8) is 0 Å². The lowest BCUT2D eigenvalue weighted by Gasteiger charge is -2.08. The number of hydrogen-bond donors (Lipinski definition) is 0. The van der Waals surface area contributed by atoms with Crippen LogP contribution in [0.2, 0.25) is 0 Å². The molecule has 0 radical (unpaired) electrons. The van der Waals surface area contributed by atoms with Crippen molar-refractivity contribution < 1.29 is 8.78 Å². The van der Waals surface area contributed by atoms with Crippen molar-refractivity contribution in [2.75, 3.05) is 0 Å². The molecule has 6 heteroatoms. The predicted octanol–water partition coefficient (Wildman–Crippen LogP) is 3.43. The first-order valence-corrected chi connectivity index (χ1v) is 5.60. The van der Waals surface area contributed by atoms with Crippen LogP contribution in [-0.2, 0) is 12.3 Å². The Hall–Kier alpha value is -0.480. The smallest absolute Gasteiger partial charge is 0.249 e. The number of nitriles is 1. The van der Waals surface area contributed by atoms with Crippen molar-refractivity contribution >= 4 is 34.2 Å². The fourth-order valence-electron chi connectivity index (χ4n) is 1.08. The van der Waals surface area contributed by atoms with Gasteiger partial charge in [0.05, 0.1) is 24.1 Å². The summed E-state index contributed by atoms with van der Waals surface area (Å²) < 4.78 is 25.6. The van der Waals surface area contributed by atoms with Crippen LogP contribution >= 0.6 is 34.2 Å².